The highest BCUT2D eigenvalue weighted by Gasteiger charge is 2.41. The molecule has 0 radical (unpaired) electrons. The lowest BCUT2D eigenvalue weighted by molar-refractivity contribution is -0.170. The quantitative estimate of drug-likeness (QED) is 0.0896. The van der Waals surface area contributed by atoms with Gasteiger partial charge in [0.15, 0.2) is 5.60 Å². The van der Waals surface area contributed by atoms with E-state index in [-0.39, 0.29) is 11.8 Å². The van der Waals surface area contributed by atoms with E-state index in [9.17, 15) is 28.6 Å². The first-order chi connectivity index (χ1) is 28.0. The molecule has 2 atom stereocenters. The maximum atomic E-state index is 14.2. The number of amides is 1. The number of carbonyl (C=O) groups is 4. The minimum Gasteiger partial charge on any atom is -0.492 e. The Morgan fingerprint density at radius 3 is 2.17 bits per heavy atom. The Labute approximate surface area is 355 Å². The SMILES string of the molecule is CCOc1c(C#N)cc2ccccc2c1C(=O)N(C)C[C@@H](CCN1CCC(c2ccccc2S(C)=O)CC1)c1ccc(Cl)c(Cl)c1.O=C(O)CC(O)(CC(=O)O)C(=O)O. The fraction of sp³-hybridized carbons (Fsp3) is 0.372. The molecule has 4 aromatic carbocycles. The number of nitriles is 1. The number of hydrogen-bond donors (Lipinski definition) is 4. The molecular weight excluding hydrogens is 821 g/mol. The number of nitrogens with zero attached hydrogens (tertiary/aromatic N) is 3. The van der Waals surface area contributed by atoms with Crippen molar-refractivity contribution in [1.82, 2.24) is 9.80 Å². The van der Waals surface area contributed by atoms with Gasteiger partial charge in [0, 0.05) is 30.7 Å². The number of halogens is 2. The van der Waals surface area contributed by atoms with Crippen molar-refractivity contribution >= 4 is 68.6 Å². The van der Waals surface area contributed by atoms with E-state index in [2.05, 4.69) is 17.0 Å². The maximum Gasteiger partial charge on any atom is 0.336 e. The number of benzene rings is 4. The fourth-order valence-electron chi connectivity index (χ4n) is 7.25. The van der Waals surface area contributed by atoms with Gasteiger partial charge < -0.3 is 35.0 Å². The van der Waals surface area contributed by atoms with Crippen LogP contribution < -0.4 is 4.74 Å². The Hall–Kier alpha value is -5.04. The Morgan fingerprint density at radius 1 is 0.966 bits per heavy atom. The highest BCUT2D eigenvalue weighted by molar-refractivity contribution is 7.84. The number of ether oxygens (including phenoxy) is 1. The zero-order valence-electron chi connectivity index (χ0n) is 32.9. The standard InChI is InChI=1S/C37H39Cl2N3O3S.C6H8O7/c1-4-45-36-29(23-40)21-27-9-5-6-11-31(27)35(36)37(43)41(2)24-28(26-13-14-32(38)33(39)22-26)17-20-42-18-15-25(16-19-42)30-10-7-8-12-34(30)46(3)44;7-3(8)1-6(13,5(11)12)2-4(9)10/h5-14,21-22,25,28H,4,15-20,24H2,1-3H3;13H,1-2H2,(H,7,8)(H,9,10)(H,11,12)/t28-,46?;/m1./s1. The summed E-state index contributed by atoms with van der Waals surface area (Å²) in [4.78, 5) is 49.8. The summed E-state index contributed by atoms with van der Waals surface area (Å²) >= 11 is 12.8. The summed E-state index contributed by atoms with van der Waals surface area (Å²) in [6, 6.07) is 25.4. The summed E-state index contributed by atoms with van der Waals surface area (Å²) in [5.41, 5.74) is 0.231. The van der Waals surface area contributed by atoms with Gasteiger partial charge in [0.25, 0.3) is 5.91 Å². The number of hydrogen-bond acceptors (Lipinski definition) is 9. The van der Waals surface area contributed by atoms with Gasteiger partial charge in [-0.3, -0.25) is 18.6 Å². The van der Waals surface area contributed by atoms with Crippen molar-refractivity contribution in [2.45, 2.75) is 61.4 Å². The monoisotopic (exact) mass is 867 g/mol. The Morgan fingerprint density at radius 2 is 1.59 bits per heavy atom. The van der Waals surface area contributed by atoms with Crippen molar-refractivity contribution in [3.63, 3.8) is 0 Å². The van der Waals surface area contributed by atoms with Gasteiger partial charge in [-0.1, -0.05) is 71.7 Å². The van der Waals surface area contributed by atoms with E-state index in [1.165, 1.54) is 5.56 Å². The Kier molecular flexibility index (Phi) is 16.8. The molecule has 1 amide bonds. The van der Waals surface area contributed by atoms with Crippen LogP contribution in [0.25, 0.3) is 10.8 Å². The molecule has 314 valence electrons. The molecule has 1 unspecified atom stereocenters. The van der Waals surface area contributed by atoms with Crippen LogP contribution in [0.5, 0.6) is 5.75 Å². The normalized spacial score (nSPS) is 14.3. The van der Waals surface area contributed by atoms with Crippen LogP contribution in [-0.4, -0.2) is 110 Å². The second kappa shape index (κ2) is 21.3. The Balaban J connectivity index is 0.000000509. The van der Waals surface area contributed by atoms with Crippen molar-refractivity contribution < 1.29 is 48.6 Å². The second-order valence-electron chi connectivity index (χ2n) is 14.3. The third-order valence-corrected chi connectivity index (χ3v) is 11.9. The van der Waals surface area contributed by atoms with Crippen molar-refractivity contribution in [2.24, 2.45) is 0 Å². The molecule has 59 heavy (non-hydrogen) atoms. The van der Waals surface area contributed by atoms with Crippen LogP contribution in [0.1, 0.15) is 77.9 Å². The average molecular weight is 869 g/mol. The number of likely N-dealkylation sites (N-methyl/N-ethyl adjacent to an activating group) is 1. The number of rotatable bonds is 16. The summed E-state index contributed by atoms with van der Waals surface area (Å²) < 4.78 is 18.3. The number of likely N-dealkylation sites (tertiary alicyclic amines) is 1. The first-order valence-corrected chi connectivity index (χ1v) is 21.1. The lowest BCUT2D eigenvalue weighted by atomic mass is 9.88. The van der Waals surface area contributed by atoms with Crippen molar-refractivity contribution in [2.75, 3.05) is 46.1 Å². The van der Waals surface area contributed by atoms with Crippen LogP contribution in [0, 0.1) is 11.3 Å². The number of carbonyl (C=O) groups excluding carboxylic acids is 1. The van der Waals surface area contributed by atoms with Crippen molar-refractivity contribution in [1.29, 1.82) is 5.26 Å². The van der Waals surface area contributed by atoms with E-state index >= 15 is 0 Å². The highest BCUT2D eigenvalue weighted by Crippen LogP contribution is 2.36. The smallest absolute Gasteiger partial charge is 0.336 e. The number of carboxylic acid groups (broad SMARTS) is 3. The van der Waals surface area contributed by atoms with E-state index < -0.39 is 47.2 Å². The molecule has 0 spiro atoms. The maximum absolute atomic E-state index is 14.2. The zero-order valence-corrected chi connectivity index (χ0v) is 35.2. The molecule has 1 saturated heterocycles. The Bertz CT molecular complexity index is 2220. The van der Waals surface area contributed by atoms with E-state index in [0.29, 0.717) is 46.0 Å². The summed E-state index contributed by atoms with van der Waals surface area (Å²) in [6.45, 7) is 5.38. The first kappa shape index (κ1) is 46.6. The molecule has 1 fully saturated rings. The van der Waals surface area contributed by atoms with Gasteiger partial charge in [-0.25, -0.2) is 4.79 Å². The first-order valence-electron chi connectivity index (χ1n) is 18.8. The van der Waals surface area contributed by atoms with E-state index in [4.69, 9.17) is 48.4 Å². The predicted molar refractivity (Wildman–Crippen MR) is 225 cm³/mol. The molecule has 0 bridgehead atoms. The van der Waals surface area contributed by atoms with Gasteiger partial charge in [0.2, 0.25) is 0 Å². The van der Waals surface area contributed by atoms with Crippen LogP contribution >= 0.6 is 23.2 Å². The summed E-state index contributed by atoms with van der Waals surface area (Å²) in [5.74, 6) is -4.51. The minimum absolute atomic E-state index is 0.00867. The molecule has 0 saturated carbocycles. The number of aliphatic hydroxyl groups is 1. The molecule has 0 aliphatic carbocycles. The molecular formula is C43H47Cl2N3O10S. The third kappa shape index (κ3) is 12.2. The van der Waals surface area contributed by atoms with E-state index in [1.54, 1.807) is 24.3 Å². The molecule has 5 rings (SSSR count). The van der Waals surface area contributed by atoms with Gasteiger partial charge in [0.1, 0.15) is 11.8 Å². The molecule has 1 aliphatic rings. The predicted octanol–water partition coefficient (Wildman–Crippen LogP) is 7.03. The lowest BCUT2D eigenvalue weighted by Gasteiger charge is -2.34. The van der Waals surface area contributed by atoms with Crippen molar-refractivity contribution in [3.8, 4) is 11.8 Å². The summed E-state index contributed by atoms with van der Waals surface area (Å²) in [6.07, 6.45) is 2.29. The van der Waals surface area contributed by atoms with Crippen LogP contribution in [0.3, 0.4) is 0 Å². The van der Waals surface area contributed by atoms with E-state index in [1.807, 2.05) is 67.6 Å². The molecule has 1 aliphatic heterocycles. The topological polar surface area (TPSA) is 206 Å². The summed E-state index contributed by atoms with van der Waals surface area (Å²) in [7, 11) is 0.791. The molecule has 16 heteroatoms. The van der Waals surface area contributed by atoms with Gasteiger partial charge in [-0.15, -0.1) is 0 Å². The fourth-order valence-corrected chi connectivity index (χ4v) is 8.40. The zero-order chi connectivity index (χ0) is 43.4. The largest absolute Gasteiger partial charge is 0.492 e. The van der Waals surface area contributed by atoms with Gasteiger partial charge in [0.05, 0.1) is 51.4 Å². The van der Waals surface area contributed by atoms with Crippen LogP contribution in [0.4, 0.5) is 0 Å². The lowest BCUT2D eigenvalue weighted by Crippen LogP contribution is -2.42. The van der Waals surface area contributed by atoms with Crippen LogP contribution in [0.2, 0.25) is 10.0 Å². The van der Waals surface area contributed by atoms with Gasteiger partial charge >= 0.3 is 17.9 Å². The minimum atomic E-state index is -2.74. The van der Waals surface area contributed by atoms with Crippen LogP contribution in [-0.2, 0) is 25.2 Å². The van der Waals surface area contributed by atoms with E-state index in [0.717, 1.165) is 60.1 Å². The van der Waals surface area contributed by atoms with Gasteiger partial charge in [-0.05, 0) is 97.9 Å². The molecule has 4 aromatic rings. The number of fused-ring (bicyclic) bond motifs is 1. The highest BCUT2D eigenvalue weighted by atomic mass is 35.5. The third-order valence-electron chi connectivity index (χ3n) is 10.2. The summed E-state index contributed by atoms with van der Waals surface area (Å²) in [5, 5.41) is 46.3. The number of aliphatic carboxylic acids is 3. The van der Waals surface area contributed by atoms with Crippen LogP contribution in [0.15, 0.2) is 77.7 Å². The molecule has 13 nitrogen and oxygen atoms in total. The number of piperidine rings is 1. The molecule has 1 heterocycles. The molecule has 0 aromatic heterocycles. The van der Waals surface area contributed by atoms with Gasteiger partial charge in [-0.2, -0.15) is 5.26 Å². The average Bonchev–Trinajstić information content (AvgIpc) is 3.19. The van der Waals surface area contributed by atoms with Crippen molar-refractivity contribution in [3.05, 3.63) is 105 Å². The number of carboxylic acids is 3. The second-order valence-corrected chi connectivity index (χ2v) is 16.5. The molecule has 4 N–H and O–H groups in total.